The molecule has 4 nitrogen and oxygen atoms in total. The van der Waals surface area contributed by atoms with Gasteiger partial charge in [-0.2, -0.15) is 0 Å². The Hall–Kier alpha value is -2.14. The molecule has 0 saturated carbocycles. The number of benzene rings is 1. The zero-order chi connectivity index (χ0) is 17.9. The van der Waals surface area contributed by atoms with Crippen molar-refractivity contribution >= 4 is 23.0 Å². The molecule has 134 valence electrons. The molecular weight excluding hydrogens is 334 g/mol. The summed E-state index contributed by atoms with van der Waals surface area (Å²) in [6.07, 6.45) is 3.78. The molecule has 0 atom stereocenters. The van der Waals surface area contributed by atoms with E-state index in [1.54, 1.807) is 23.5 Å². The van der Waals surface area contributed by atoms with Crippen LogP contribution in [0.2, 0.25) is 0 Å². The maximum Gasteiger partial charge on any atom is 0.220 e. The standard InChI is InChI=1S/C20H25NO3S/c1-2-3-4-13-24-17-9-7-16(8-10-17)19(22)11-12-20(23)21-15-18-6-5-14-25-18/h5-10,14H,2-4,11-13,15H2,1H3,(H,21,23). The Morgan fingerprint density at radius 1 is 1.08 bits per heavy atom. The number of nitrogens with one attached hydrogen (secondary N) is 1. The number of ketones is 1. The van der Waals surface area contributed by atoms with E-state index >= 15 is 0 Å². The van der Waals surface area contributed by atoms with Gasteiger partial charge in [0.2, 0.25) is 5.91 Å². The van der Waals surface area contributed by atoms with Gasteiger partial charge < -0.3 is 10.1 Å². The summed E-state index contributed by atoms with van der Waals surface area (Å²) in [5.74, 6) is 0.655. The summed E-state index contributed by atoms with van der Waals surface area (Å²) < 4.78 is 5.63. The second-order valence-corrected chi connectivity index (χ2v) is 6.89. The van der Waals surface area contributed by atoms with E-state index < -0.39 is 0 Å². The summed E-state index contributed by atoms with van der Waals surface area (Å²) in [5.41, 5.74) is 0.618. The molecule has 0 bridgehead atoms. The highest BCUT2D eigenvalue weighted by Crippen LogP contribution is 2.15. The Kier molecular flexibility index (Phi) is 8.19. The molecule has 0 unspecified atom stereocenters. The molecule has 0 aliphatic carbocycles. The van der Waals surface area contributed by atoms with Gasteiger partial charge in [-0.05, 0) is 42.1 Å². The molecule has 2 aromatic rings. The van der Waals surface area contributed by atoms with Gasteiger partial charge in [0.25, 0.3) is 0 Å². The third kappa shape index (κ3) is 7.10. The molecule has 0 saturated heterocycles. The Balaban J connectivity index is 1.70. The number of Topliss-reactive ketones (excluding diaryl/α,β-unsaturated/α-hetero) is 1. The van der Waals surface area contributed by atoms with Crippen molar-refractivity contribution < 1.29 is 14.3 Å². The van der Waals surface area contributed by atoms with Gasteiger partial charge in [0.15, 0.2) is 5.78 Å². The zero-order valence-corrected chi connectivity index (χ0v) is 15.4. The number of unbranched alkanes of at least 4 members (excludes halogenated alkanes) is 2. The zero-order valence-electron chi connectivity index (χ0n) is 14.6. The van der Waals surface area contributed by atoms with Crippen molar-refractivity contribution in [2.45, 2.75) is 45.6 Å². The molecule has 2 rings (SSSR count). The van der Waals surface area contributed by atoms with Crippen LogP contribution in [-0.2, 0) is 11.3 Å². The Morgan fingerprint density at radius 2 is 1.88 bits per heavy atom. The maximum atomic E-state index is 12.2. The minimum atomic E-state index is -0.0994. The number of carbonyl (C=O) groups is 2. The van der Waals surface area contributed by atoms with Crippen molar-refractivity contribution in [1.82, 2.24) is 5.32 Å². The molecule has 1 aromatic carbocycles. The van der Waals surface area contributed by atoms with Crippen molar-refractivity contribution in [3.63, 3.8) is 0 Å². The summed E-state index contributed by atoms with van der Waals surface area (Å²) in [6.45, 7) is 3.38. The average Bonchev–Trinajstić information content (AvgIpc) is 3.15. The van der Waals surface area contributed by atoms with Gasteiger partial charge in [0, 0.05) is 23.3 Å². The fraction of sp³-hybridized carbons (Fsp3) is 0.400. The van der Waals surface area contributed by atoms with Crippen LogP contribution in [-0.4, -0.2) is 18.3 Å². The van der Waals surface area contributed by atoms with Crippen LogP contribution in [0.25, 0.3) is 0 Å². The van der Waals surface area contributed by atoms with Gasteiger partial charge in [-0.3, -0.25) is 9.59 Å². The second kappa shape index (κ2) is 10.7. The van der Waals surface area contributed by atoms with Crippen molar-refractivity contribution in [3.8, 4) is 5.75 Å². The lowest BCUT2D eigenvalue weighted by atomic mass is 10.1. The highest BCUT2D eigenvalue weighted by Gasteiger charge is 2.09. The first-order chi connectivity index (χ1) is 12.2. The summed E-state index contributed by atoms with van der Waals surface area (Å²) in [5, 5.41) is 4.81. The molecule has 0 aliphatic heterocycles. The van der Waals surface area contributed by atoms with Gasteiger partial charge >= 0.3 is 0 Å². The van der Waals surface area contributed by atoms with E-state index in [1.165, 1.54) is 0 Å². The lowest BCUT2D eigenvalue weighted by Crippen LogP contribution is -2.22. The normalized spacial score (nSPS) is 10.4. The fourth-order valence-corrected chi connectivity index (χ4v) is 2.98. The van der Waals surface area contributed by atoms with Crippen molar-refractivity contribution in [1.29, 1.82) is 0 Å². The SMILES string of the molecule is CCCCCOc1ccc(C(=O)CCC(=O)NCc2cccs2)cc1. The molecule has 5 heteroatoms. The number of thiophene rings is 1. The van der Waals surface area contributed by atoms with Gasteiger partial charge in [-0.15, -0.1) is 11.3 Å². The third-order valence-electron chi connectivity index (χ3n) is 3.81. The second-order valence-electron chi connectivity index (χ2n) is 5.86. The number of ether oxygens (including phenoxy) is 1. The minimum Gasteiger partial charge on any atom is -0.494 e. The molecule has 0 radical (unpaired) electrons. The third-order valence-corrected chi connectivity index (χ3v) is 4.69. The molecule has 1 N–H and O–H groups in total. The monoisotopic (exact) mass is 359 g/mol. The smallest absolute Gasteiger partial charge is 0.220 e. The van der Waals surface area contributed by atoms with Crippen molar-refractivity contribution in [2.75, 3.05) is 6.61 Å². The molecule has 25 heavy (non-hydrogen) atoms. The predicted octanol–water partition coefficient (Wildman–Crippen LogP) is 4.60. The number of hydrogen-bond acceptors (Lipinski definition) is 4. The van der Waals surface area contributed by atoms with Gasteiger partial charge in [0.1, 0.15) is 5.75 Å². The highest BCUT2D eigenvalue weighted by atomic mass is 32.1. The lowest BCUT2D eigenvalue weighted by Gasteiger charge is -2.07. The lowest BCUT2D eigenvalue weighted by molar-refractivity contribution is -0.121. The molecular formula is C20H25NO3S. The van der Waals surface area contributed by atoms with Gasteiger partial charge in [-0.25, -0.2) is 0 Å². The summed E-state index contributed by atoms with van der Waals surface area (Å²) in [4.78, 5) is 25.1. The van der Waals surface area contributed by atoms with Crippen LogP contribution in [0.4, 0.5) is 0 Å². The van der Waals surface area contributed by atoms with E-state index in [1.807, 2.05) is 29.6 Å². The highest BCUT2D eigenvalue weighted by molar-refractivity contribution is 7.09. The van der Waals surface area contributed by atoms with Gasteiger partial charge in [0.05, 0.1) is 13.2 Å². The Morgan fingerprint density at radius 3 is 2.56 bits per heavy atom. The van der Waals surface area contributed by atoms with Crippen molar-refractivity contribution in [3.05, 3.63) is 52.2 Å². The topological polar surface area (TPSA) is 55.4 Å². The Bertz CT molecular complexity index is 650. The fourth-order valence-electron chi connectivity index (χ4n) is 2.34. The molecule has 0 spiro atoms. The van der Waals surface area contributed by atoms with Crippen LogP contribution in [0.1, 0.15) is 54.3 Å². The van der Waals surface area contributed by atoms with Crippen LogP contribution in [0.3, 0.4) is 0 Å². The first-order valence-corrected chi connectivity index (χ1v) is 9.62. The quantitative estimate of drug-likeness (QED) is 0.471. The molecule has 0 aliphatic rings. The van der Waals surface area contributed by atoms with Crippen LogP contribution >= 0.6 is 11.3 Å². The summed E-state index contributed by atoms with van der Waals surface area (Å²) in [6, 6.07) is 11.1. The Labute approximate surface area is 153 Å². The molecule has 1 amide bonds. The number of carbonyl (C=O) groups excluding carboxylic acids is 2. The first-order valence-electron chi connectivity index (χ1n) is 8.74. The summed E-state index contributed by atoms with van der Waals surface area (Å²) >= 11 is 1.60. The first kappa shape index (κ1) is 19.2. The molecule has 0 fully saturated rings. The van der Waals surface area contributed by atoms with Crippen molar-refractivity contribution in [2.24, 2.45) is 0 Å². The van der Waals surface area contributed by atoms with Crippen LogP contribution in [0, 0.1) is 0 Å². The number of hydrogen-bond donors (Lipinski definition) is 1. The average molecular weight is 359 g/mol. The van der Waals surface area contributed by atoms with Crippen LogP contribution < -0.4 is 10.1 Å². The van der Waals surface area contributed by atoms with E-state index in [2.05, 4.69) is 12.2 Å². The van der Waals surface area contributed by atoms with Crippen LogP contribution in [0.15, 0.2) is 41.8 Å². The molecule has 1 aromatic heterocycles. The number of amides is 1. The largest absolute Gasteiger partial charge is 0.494 e. The van der Waals surface area contributed by atoms with E-state index in [-0.39, 0.29) is 24.5 Å². The van der Waals surface area contributed by atoms with E-state index in [9.17, 15) is 9.59 Å². The minimum absolute atomic E-state index is 0.0243. The molecule has 1 heterocycles. The van der Waals surface area contributed by atoms with Crippen LogP contribution in [0.5, 0.6) is 5.75 Å². The predicted molar refractivity (Wildman–Crippen MR) is 101 cm³/mol. The summed E-state index contributed by atoms with van der Waals surface area (Å²) in [7, 11) is 0. The van der Waals surface area contributed by atoms with E-state index in [0.29, 0.717) is 18.7 Å². The number of rotatable bonds is 11. The maximum absolute atomic E-state index is 12.2. The van der Waals surface area contributed by atoms with Gasteiger partial charge in [-0.1, -0.05) is 25.8 Å². The van der Waals surface area contributed by atoms with E-state index in [4.69, 9.17) is 4.74 Å². The van der Waals surface area contributed by atoms with E-state index in [0.717, 1.165) is 29.9 Å².